The van der Waals surface area contributed by atoms with E-state index in [9.17, 15) is 24.3 Å². The van der Waals surface area contributed by atoms with Crippen molar-refractivity contribution in [2.45, 2.75) is 60.4 Å². The first-order chi connectivity index (χ1) is 16.0. The summed E-state index contributed by atoms with van der Waals surface area (Å²) in [4.78, 5) is 51.9. The number of anilines is 1. The second-order valence-corrected chi connectivity index (χ2v) is 11.2. The molecule has 0 aromatic heterocycles. The van der Waals surface area contributed by atoms with E-state index in [0.29, 0.717) is 37.3 Å². The second kappa shape index (κ2) is 11.5. The summed E-state index contributed by atoms with van der Waals surface area (Å²) >= 11 is 0. The van der Waals surface area contributed by atoms with Crippen LogP contribution in [0.15, 0.2) is 29.3 Å². The average molecular weight is 491 g/mol. The molecule has 0 spiro atoms. The zero-order valence-electron chi connectivity index (χ0n) is 20.8. The summed E-state index contributed by atoms with van der Waals surface area (Å²) in [5, 5.41) is 9.89. The maximum atomic E-state index is 13.7. The van der Waals surface area contributed by atoms with E-state index in [4.69, 9.17) is 8.85 Å². The summed E-state index contributed by atoms with van der Waals surface area (Å²) in [5.41, 5.74) is 0.364. The van der Waals surface area contributed by atoms with E-state index in [1.165, 1.54) is 22.8 Å². The molecule has 10 heteroatoms. The molecule has 9 nitrogen and oxygen atoms in total. The van der Waals surface area contributed by atoms with Crippen molar-refractivity contribution in [1.29, 1.82) is 0 Å². The molecule has 0 atom stereocenters. The van der Waals surface area contributed by atoms with Gasteiger partial charge < -0.3 is 18.5 Å². The molecule has 34 heavy (non-hydrogen) atoms. The quantitative estimate of drug-likeness (QED) is 0.349. The highest BCUT2D eigenvalue weighted by Gasteiger charge is 2.44. The van der Waals surface area contributed by atoms with Gasteiger partial charge >= 0.3 is 14.7 Å². The van der Waals surface area contributed by atoms with E-state index >= 15 is 0 Å². The van der Waals surface area contributed by atoms with Crippen molar-refractivity contribution in [3.8, 4) is 0 Å². The van der Waals surface area contributed by atoms with Crippen LogP contribution in [0.4, 0.5) is 5.69 Å². The van der Waals surface area contributed by atoms with Gasteiger partial charge in [-0.1, -0.05) is 20.8 Å². The summed E-state index contributed by atoms with van der Waals surface area (Å²) < 4.78 is 13.7. The van der Waals surface area contributed by atoms with Crippen LogP contribution >= 0.6 is 0 Å². The van der Waals surface area contributed by atoms with Gasteiger partial charge in [0.15, 0.2) is 0 Å². The number of hydrogen-bond donors (Lipinski definition) is 1. The largest absolute Gasteiger partial charge is 0.478 e. The molecule has 0 bridgehead atoms. The number of carboxylic acid groups (broad SMARTS) is 1. The minimum Gasteiger partial charge on any atom is -0.478 e. The molecule has 1 aliphatic rings. The van der Waals surface area contributed by atoms with Gasteiger partial charge in [-0.2, -0.15) is 0 Å². The van der Waals surface area contributed by atoms with Gasteiger partial charge in [-0.15, -0.1) is 0 Å². The highest BCUT2D eigenvalue weighted by atomic mass is 28.4. The van der Waals surface area contributed by atoms with E-state index in [-0.39, 0.29) is 16.8 Å². The molecule has 1 N–H and O–H groups in total. The highest BCUT2D eigenvalue weighted by Crippen LogP contribution is 2.30. The SMILES string of the molecule is CCCO[Si](C)(OCCC)N(CCC)C(=O)c1ccc(N2C(=O)C(C)=C(C)C2=O)cc1C(=O)O. The molecule has 0 fully saturated rings. The predicted octanol–water partition coefficient (Wildman–Crippen LogP) is 3.87. The highest BCUT2D eigenvalue weighted by molar-refractivity contribution is 6.66. The number of nitrogens with zero attached hydrogens (tertiary/aromatic N) is 2. The number of benzene rings is 1. The molecule has 1 aliphatic heterocycles. The van der Waals surface area contributed by atoms with Crippen LogP contribution in [0.25, 0.3) is 0 Å². The summed E-state index contributed by atoms with van der Waals surface area (Å²) in [5.74, 6) is -2.87. The molecular formula is C24H34N2O7Si. The zero-order valence-corrected chi connectivity index (χ0v) is 21.8. The van der Waals surface area contributed by atoms with Crippen LogP contribution in [0.3, 0.4) is 0 Å². The normalized spacial score (nSPS) is 14.2. The Hall–Kier alpha value is -2.82. The monoisotopic (exact) mass is 490 g/mol. The Morgan fingerprint density at radius 2 is 1.47 bits per heavy atom. The first-order valence-corrected chi connectivity index (χ1v) is 13.8. The van der Waals surface area contributed by atoms with Crippen LogP contribution in [0, 0.1) is 0 Å². The number of carbonyl (C=O) groups excluding carboxylic acids is 3. The number of carboxylic acids is 1. The molecule has 3 amide bonds. The molecule has 186 valence electrons. The molecule has 1 heterocycles. The number of amides is 3. The number of rotatable bonds is 12. The lowest BCUT2D eigenvalue weighted by Gasteiger charge is -2.37. The Labute approximate surface area is 201 Å². The smallest absolute Gasteiger partial charge is 0.458 e. The molecule has 0 saturated carbocycles. The number of hydrogen-bond acceptors (Lipinski definition) is 6. The molecule has 0 radical (unpaired) electrons. The average Bonchev–Trinajstić information content (AvgIpc) is 3.01. The van der Waals surface area contributed by atoms with E-state index in [1.807, 2.05) is 20.8 Å². The van der Waals surface area contributed by atoms with Crippen LogP contribution in [0.2, 0.25) is 6.55 Å². The van der Waals surface area contributed by atoms with E-state index in [1.54, 1.807) is 20.4 Å². The Kier molecular flexibility index (Phi) is 9.31. The van der Waals surface area contributed by atoms with E-state index < -0.39 is 32.4 Å². The van der Waals surface area contributed by atoms with Crippen LogP contribution in [-0.4, -0.2) is 61.8 Å². The third-order valence-electron chi connectivity index (χ3n) is 5.66. The zero-order chi connectivity index (χ0) is 25.6. The lowest BCUT2D eigenvalue weighted by molar-refractivity contribution is -0.120. The lowest BCUT2D eigenvalue weighted by atomic mass is 10.0. The van der Waals surface area contributed by atoms with Crippen molar-refractivity contribution in [1.82, 2.24) is 4.57 Å². The summed E-state index contributed by atoms with van der Waals surface area (Å²) in [7, 11) is -3.16. The Balaban J connectivity index is 2.53. The molecule has 0 aliphatic carbocycles. The number of carbonyl (C=O) groups is 4. The van der Waals surface area contributed by atoms with Crippen molar-refractivity contribution >= 4 is 38.1 Å². The fraction of sp³-hybridized carbons (Fsp3) is 0.500. The van der Waals surface area contributed by atoms with Gasteiger partial charge in [0.25, 0.3) is 11.8 Å². The maximum absolute atomic E-state index is 13.7. The Morgan fingerprint density at radius 3 is 1.91 bits per heavy atom. The van der Waals surface area contributed by atoms with E-state index in [2.05, 4.69) is 0 Å². The third-order valence-corrected chi connectivity index (χ3v) is 8.55. The molecule has 0 saturated heterocycles. The molecule has 1 aromatic carbocycles. The number of aromatic carboxylic acids is 1. The van der Waals surface area contributed by atoms with Crippen molar-refractivity contribution in [3.05, 3.63) is 40.5 Å². The first-order valence-electron chi connectivity index (χ1n) is 11.6. The van der Waals surface area contributed by atoms with Crippen molar-refractivity contribution in [3.63, 3.8) is 0 Å². The van der Waals surface area contributed by atoms with Crippen LogP contribution in [0.5, 0.6) is 0 Å². The van der Waals surface area contributed by atoms with E-state index in [0.717, 1.165) is 17.7 Å². The van der Waals surface area contributed by atoms with Crippen molar-refractivity contribution in [2.75, 3.05) is 24.7 Å². The number of imide groups is 1. The minimum absolute atomic E-state index is 0.0517. The summed E-state index contributed by atoms with van der Waals surface area (Å²) in [6, 6.07) is 3.96. The van der Waals surface area contributed by atoms with Gasteiger partial charge in [0.2, 0.25) is 5.91 Å². The summed E-state index contributed by atoms with van der Waals surface area (Å²) in [6.07, 6.45) is 2.11. The predicted molar refractivity (Wildman–Crippen MR) is 130 cm³/mol. The fourth-order valence-electron chi connectivity index (χ4n) is 3.66. The third kappa shape index (κ3) is 5.45. The lowest BCUT2D eigenvalue weighted by Crippen LogP contribution is -2.59. The van der Waals surface area contributed by atoms with Gasteiger partial charge in [-0.25, -0.2) is 9.69 Å². The van der Waals surface area contributed by atoms with Crippen LogP contribution in [-0.2, 0) is 18.4 Å². The van der Waals surface area contributed by atoms with Gasteiger partial charge in [0.05, 0.1) is 16.8 Å². The van der Waals surface area contributed by atoms with Crippen molar-refractivity contribution < 1.29 is 33.1 Å². The molecule has 0 unspecified atom stereocenters. The first kappa shape index (κ1) is 27.4. The maximum Gasteiger partial charge on any atom is 0.458 e. The molecule has 1 aromatic rings. The minimum atomic E-state index is -3.16. The topological polar surface area (TPSA) is 113 Å². The Bertz CT molecular complexity index is 973. The van der Waals surface area contributed by atoms with Gasteiger partial charge in [-0.05, 0) is 57.9 Å². The Morgan fingerprint density at radius 1 is 0.941 bits per heavy atom. The standard InChI is InChI=1S/C24H34N2O7Si/c1-7-12-25(34(6,32-13-8-2)33-14-9-3)23(29)19-11-10-18(15-20(19)24(30)31)26-21(27)16(4)17(5)22(26)28/h10-11,15H,7-9,12-14H2,1-6H3,(H,30,31). The second-order valence-electron chi connectivity index (χ2n) is 8.28. The fourth-order valence-corrected chi connectivity index (χ4v) is 6.34. The summed E-state index contributed by atoms with van der Waals surface area (Å²) in [6.45, 7) is 11.9. The molecular weight excluding hydrogens is 456 g/mol. The van der Waals surface area contributed by atoms with Crippen LogP contribution in [0.1, 0.15) is 74.6 Å². The van der Waals surface area contributed by atoms with Gasteiger partial charge in [0.1, 0.15) is 0 Å². The molecule has 2 rings (SSSR count). The van der Waals surface area contributed by atoms with Crippen molar-refractivity contribution in [2.24, 2.45) is 0 Å². The van der Waals surface area contributed by atoms with Crippen LogP contribution < -0.4 is 4.90 Å². The van der Waals surface area contributed by atoms with Gasteiger partial charge in [-0.3, -0.25) is 14.4 Å². The van der Waals surface area contributed by atoms with Gasteiger partial charge in [0, 0.05) is 30.9 Å².